The van der Waals surface area contributed by atoms with Gasteiger partial charge in [0, 0.05) is 32.1 Å². The molecule has 0 aromatic heterocycles. The number of carboxylic acid groups (broad SMARTS) is 1. The first-order valence-corrected chi connectivity index (χ1v) is 14.3. The molecular formula is C30H37FN2O5S. The highest BCUT2D eigenvalue weighted by Gasteiger charge is 2.25. The van der Waals surface area contributed by atoms with Gasteiger partial charge in [-0.3, -0.25) is 4.79 Å². The van der Waals surface area contributed by atoms with Gasteiger partial charge in [0.25, 0.3) is 0 Å². The molecule has 0 heterocycles. The van der Waals surface area contributed by atoms with Crippen LogP contribution in [0.4, 0.5) is 4.39 Å². The van der Waals surface area contributed by atoms with E-state index in [1.807, 2.05) is 50.2 Å². The summed E-state index contributed by atoms with van der Waals surface area (Å²) in [5.74, 6) is -1.11. The van der Waals surface area contributed by atoms with E-state index in [1.54, 1.807) is 25.1 Å². The van der Waals surface area contributed by atoms with Gasteiger partial charge in [-0.2, -0.15) is 4.31 Å². The number of β-amino-alcohol motifs (C(OH)–C–C–N with tert-alkyl or cyclic N) is 1. The number of hydrogen-bond donors (Lipinski definition) is 3. The molecule has 7 nitrogen and oxygen atoms in total. The SMILES string of the molecule is Cc1ccc(CC(C)(C)NCC(O)CN(C)S(=O)(=O)c2cccc(-c3ccc(CCC(=O)O)cc3)c2)cc1F. The molecule has 3 rings (SSSR count). The van der Waals surface area contributed by atoms with E-state index in [9.17, 15) is 22.7 Å². The molecule has 0 radical (unpaired) electrons. The van der Waals surface area contributed by atoms with Crippen molar-refractivity contribution < 1.29 is 27.8 Å². The Morgan fingerprint density at radius 3 is 2.33 bits per heavy atom. The van der Waals surface area contributed by atoms with Crippen molar-refractivity contribution in [3.05, 3.63) is 89.2 Å². The summed E-state index contributed by atoms with van der Waals surface area (Å²) in [6.07, 6.45) is 0.0530. The number of hydrogen-bond acceptors (Lipinski definition) is 5. The molecule has 3 N–H and O–H groups in total. The molecule has 0 spiro atoms. The van der Waals surface area contributed by atoms with Crippen LogP contribution in [0.25, 0.3) is 11.1 Å². The van der Waals surface area contributed by atoms with Crippen LogP contribution in [0.2, 0.25) is 0 Å². The molecule has 39 heavy (non-hydrogen) atoms. The Kier molecular flexibility index (Phi) is 10.0. The molecule has 0 bridgehead atoms. The van der Waals surface area contributed by atoms with Crippen molar-refractivity contribution in [1.82, 2.24) is 9.62 Å². The summed E-state index contributed by atoms with van der Waals surface area (Å²) in [5, 5.41) is 22.7. The number of carboxylic acids is 1. The monoisotopic (exact) mass is 556 g/mol. The Labute approximate surface area is 230 Å². The number of benzene rings is 3. The van der Waals surface area contributed by atoms with Crippen molar-refractivity contribution in [3.8, 4) is 11.1 Å². The van der Waals surface area contributed by atoms with Gasteiger partial charge in [-0.05, 0) is 79.6 Å². The predicted octanol–water partition coefficient (Wildman–Crippen LogP) is 4.41. The Bertz CT molecular complexity index is 1390. The fourth-order valence-corrected chi connectivity index (χ4v) is 5.56. The van der Waals surface area contributed by atoms with E-state index < -0.39 is 27.6 Å². The molecule has 3 aromatic rings. The summed E-state index contributed by atoms with van der Waals surface area (Å²) in [5.41, 5.74) is 3.39. The molecule has 210 valence electrons. The van der Waals surface area contributed by atoms with Crippen LogP contribution in [-0.4, -0.2) is 60.7 Å². The Morgan fingerprint density at radius 2 is 1.69 bits per heavy atom. The smallest absolute Gasteiger partial charge is 0.303 e. The van der Waals surface area contributed by atoms with Crippen molar-refractivity contribution in [2.45, 2.75) is 56.6 Å². The van der Waals surface area contributed by atoms with Gasteiger partial charge in [0.2, 0.25) is 10.0 Å². The standard InChI is InChI=1S/C30H37FN2O5S/c1-21-8-9-23(16-28(21)31)18-30(2,3)32-19-26(34)20-33(4)39(37,38)27-7-5-6-25(17-27)24-13-10-22(11-14-24)12-15-29(35)36/h5-11,13-14,16-17,26,32,34H,12,15,18-20H2,1-4H3,(H,35,36). The second-order valence-electron chi connectivity index (χ2n) is 10.6. The van der Waals surface area contributed by atoms with Crippen molar-refractivity contribution in [3.63, 3.8) is 0 Å². The van der Waals surface area contributed by atoms with Crippen molar-refractivity contribution >= 4 is 16.0 Å². The minimum atomic E-state index is -3.86. The summed E-state index contributed by atoms with van der Waals surface area (Å²) in [6, 6.07) is 19.1. The lowest BCUT2D eigenvalue weighted by Crippen LogP contribution is -2.47. The number of halogens is 1. The van der Waals surface area contributed by atoms with Crippen LogP contribution in [0.3, 0.4) is 0 Å². The number of rotatable bonds is 13. The van der Waals surface area contributed by atoms with Gasteiger partial charge in [-0.1, -0.05) is 48.5 Å². The molecule has 1 unspecified atom stereocenters. The lowest BCUT2D eigenvalue weighted by molar-refractivity contribution is -0.136. The van der Waals surface area contributed by atoms with E-state index in [1.165, 1.54) is 19.2 Å². The maximum atomic E-state index is 13.9. The fraction of sp³-hybridized carbons (Fsp3) is 0.367. The topological polar surface area (TPSA) is 107 Å². The number of nitrogens with zero attached hydrogens (tertiary/aromatic N) is 1. The largest absolute Gasteiger partial charge is 0.481 e. The Balaban J connectivity index is 1.61. The predicted molar refractivity (Wildman–Crippen MR) is 151 cm³/mol. The van der Waals surface area contributed by atoms with E-state index in [-0.39, 0.29) is 30.2 Å². The number of aryl methyl sites for hydroxylation is 2. The van der Waals surface area contributed by atoms with Crippen LogP contribution in [0.1, 0.15) is 37.0 Å². The Morgan fingerprint density at radius 1 is 1.03 bits per heavy atom. The molecular weight excluding hydrogens is 519 g/mol. The van der Waals surface area contributed by atoms with Gasteiger partial charge in [0.15, 0.2) is 0 Å². The van der Waals surface area contributed by atoms with E-state index >= 15 is 0 Å². The van der Waals surface area contributed by atoms with Crippen LogP contribution in [0.5, 0.6) is 0 Å². The minimum absolute atomic E-state index is 0.0466. The number of aliphatic hydroxyl groups is 1. The third-order valence-electron chi connectivity index (χ3n) is 6.62. The van der Waals surface area contributed by atoms with E-state index in [4.69, 9.17) is 5.11 Å². The normalized spacial score (nSPS) is 13.0. The zero-order chi connectivity index (χ0) is 28.8. The molecule has 3 aromatic carbocycles. The molecule has 0 amide bonds. The molecule has 9 heteroatoms. The number of nitrogens with one attached hydrogen (secondary N) is 1. The first kappa shape index (κ1) is 30.4. The molecule has 0 aliphatic rings. The quantitative estimate of drug-likeness (QED) is 0.288. The zero-order valence-electron chi connectivity index (χ0n) is 22.8. The second kappa shape index (κ2) is 12.8. The summed E-state index contributed by atoms with van der Waals surface area (Å²) in [6.45, 7) is 5.66. The summed E-state index contributed by atoms with van der Waals surface area (Å²) in [4.78, 5) is 10.9. The third kappa shape index (κ3) is 8.69. The number of aliphatic carboxylic acids is 1. The average molecular weight is 557 g/mol. The summed E-state index contributed by atoms with van der Waals surface area (Å²) < 4.78 is 41.6. The highest BCUT2D eigenvalue weighted by molar-refractivity contribution is 7.89. The van der Waals surface area contributed by atoms with Crippen molar-refractivity contribution in [2.24, 2.45) is 0 Å². The molecule has 1 atom stereocenters. The van der Waals surface area contributed by atoms with E-state index in [2.05, 4.69) is 5.32 Å². The summed E-state index contributed by atoms with van der Waals surface area (Å²) in [7, 11) is -2.43. The lowest BCUT2D eigenvalue weighted by Gasteiger charge is -2.29. The van der Waals surface area contributed by atoms with Gasteiger partial charge >= 0.3 is 5.97 Å². The van der Waals surface area contributed by atoms with Gasteiger partial charge in [0.1, 0.15) is 5.82 Å². The number of aliphatic hydroxyl groups excluding tert-OH is 1. The highest BCUT2D eigenvalue weighted by Crippen LogP contribution is 2.25. The molecule has 0 saturated heterocycles. The zero-order valence-corrected chi connectivity index (χ0v) is 23.6. The van der Waals surface area contributed by atoms with E-state index in [0.717, 1.165) is 21.0 Å². The molecule has 0 aliphatic carbocycles. The van der Waals surface area contributed by atoms with Gasteiger partial charge in [-0.25, -0.2) is 12.8 Å². The van der Waals surface area contributed by atoms with Crippen LogP contribution in [0, 0.1) is 12.7 Å². The third-order valence-corrected chi connectivity index (χ3v) is 8.44. The van der Waals surface area contributed by atoms with Crippen LogP contribution >= 0.6 is 0 Å². The van der Waals surface area contributed by atoms with E-state index in [0.29, 0.717) is 24.0 Å². The van der Waals surface area contributed by atoms with Crippen LogP contribution in [-0.2, 0) is 27.7 Å². The lowest BCUT2D eigenvalue weighted by atomic mass is 9.94. The van der Waals surface area contributed by atoms with Crippen molar-refractivity contribution in [1.29, 1.82) is 0 Å². The van der Waals surface area contributed by atoms with Gasteiger partial charge in [0.05, 0.1) is 11.0 Å². The molecule has 0 fully saturated rings. The maximum absolute atomic E-state index is 13.9. The first-order valence-electron chi connectivity index (χ1n) is 12.8. The highest BCUT2D eigenvalue weighted by atomic mass is 32.2. The minimum Gasteiger partial charge on any atom is -0.481 e. The number of carbonyl (C=O) groups is 1. The average Bonchev–Trinajstić information content (AvgIpc) is 2.88. The van der Waals surface area contributed by atoms with Crippen LogP contribution in [0.15, 0.2) is 71.6 Å². The number of likely N-dealkylation sites (N-methyl/N-ethyl adjacent to an activating group) is 1. The maximum Gasteiger partial charge on any atom is 0.303 e. The molecule has 0 aliphatic heterocycles. The first-order chi connectivity index (χ1) is 18.3. The number of sulfonamides is 1. The van der Waals surface area contributed by atoms with Crippen LogP contribution < -0.4 is 5.32 Å². The van der Waals surface area contributed by atoms with Gasteiger partial charge in [-0.15, -0.1) is 0 Å². The molecule has 0 saturated carbocycles. The van der Waals surface area contributed by atoms with Crippen molar-refractivity contribution in [2.75, 3.05) is 20.1 Å². The second-order valence-corrected chi connectivity index (χ2v) is 12.6. The van der Waals surface area contributed by atoms with Gasteiger partial charge < -0.3 is 15.5 Å². The summed E-state index contributed by atoms with van der Waals surface area (Å²) >= 11 is 0. The fourth-order valence-electron chi connectivity index (χ4n) is 4.30. The Hall–Kier alpha value is -3.11.